The van der Waals surface area contributed by atoms with Gasteiger partial charge in [-0.2, -0.15) is 0 Å². The van der Waals surface area contributed by atoms with Crippen LogP contribution in [0.1, 0.15) is 296 Å². The topological polar surface area (TPSA) is 89.8 Å². The molecule has 0 aromatic rings. The Hall–Kier alpha value is -1.43. The van der Waals surface area contributed by atoms with Gasteiger partial charge in [0.1, 0.15) is 0 Å². The summed E-state index contributed by atoms with van der Waals surface area (Å²) >= 11 is 0. The van der Waals surface area contributed by atoms with E-state index in [0.717, 1.165) is 38.5 Å². The molecule has 1 amide bonds. The molecule has 0 aromatic carbocycles. The number of allylic oxidation sites excluding steroid dienone is 5. The molecule has 0 aromatic heterocycles. The fourth-order valence-corrected chi connectivity index (χ4v) is 8.67. The molecule has 4 N–H and O–H groups in total. The monoisotopic (exact) mass is 872 g/mol. The quantitative estimate of drug-likeness (QED) is 0.0362. The first-order chi connectivity index (χ1) is 30.5. The van der Waals surface area contributed by atoms with Crippen molar-refractivity contribution < 1.29 is 20.1 Å². The third-order valence-corrected chi connectivity index (χ3v) is 12.9. The first kappa shape index (κ1) is 60.6. The van der Waals surface area contributed by atoms with Crippen LogP contribution in [-0.4, -0.2) is 46.1 Å². The summed E-state index contributed by atoms with van der Waals surface area (Å²) in [4.78, 5) is 12.5. The number of amides is 1. The summed E-state index contributed by atoms with van der Waals surface area (Å²) in [6, 6.07) is -0.767. The van der Waals surface area contributed by atoms with Gasteiger partial charge in [0.15, 0.2) is 0 Å². The molecule has 3 unspecified atom stereocenters. The minimum atomic E-state index is -0.959. The van der Waals surface area contributed by atoms with Gasteiger partial charge >= 0.3 is 0 Å². The van der Waals surface area contributed by atoms with E-state index in [1.165, 1.54) is 231 Å². The van der Waals surface area contributed by atoms with E-state index in [1.54, 1.807) is 6.08 Å². The molecule has 366 valence electrons. The third kappa shape index (κ3) is 48.0. The molecule has 0 aliphatic rings. The molecule has 0 bridgehead atoms. The maximum atomic E-state index is 12.5. The van der Waals surface area contributed by atoms with E-state index in [2.05, 4.69) is 43.5 Å². The van der Waals surface area contributed by atoms with Crippen LogP contribution in [0.3, 0.4) is 0 Å². The molecular formula is C57H109NO4. The molecule has 0 saturated carbocycles. The number of unbranched alkanes of at least 4 members (excludes halogenated alkanes) is 38. The van der Waals surface area contributed by atoms with Gasteiger partial charge < -0.3 is 20.6 Å². The van der Waals surface area contributed by atoms with Gasteiger partial charge in [0.25, 0.3) is 0 Å². The molecule has 3 atom stereocenters. The van der Waals surface area contributed by atoms with Crippen molar-refractivity contribution in [2.24, 2.45) is 0 Å². The number of hydrogen-bond acceptors (Lipinski definition) is 4. The van der Waals surface area contributed by atoms with E-state index in [4.69, 9.17) is 0 Å². The first-order valence-corrected chi connectivity index (χ1v) is 27.8. The van der Waals surface area contributed by atoms with Gasteiger partial charge in [-0.3, -0.25) is 4.79 Å². The zero-order valence-corrected chi connectivity index (χ0v) is 41.8. The summed E-state index contributed by atoms with van der Waals surface area (Å²) in [6.07, 6.45) is 67.6. The molecule has 0 rings (SSSR count). The lowest BCUT2D eigenvalue weighted by Gasteiger charge is -2.21. The SMILES string of the molecule is CCCCCCCCCCCCCCCCC/C=C/CC/C=C/CC/C=C/C(O)C(CO)NC(=O)CC(O)CCCCCCCCCCCCCCCCCCCCCCCC. The molecule has 0 saturated heterocycles. The molecule has 5 nitrogen and oxygen atoms in total. The van der Waals surface area contributed by atoms with Crippen LogP contribution in [0.15, 0.2) is 36.5 Å². The van der Waals surface area contributed by atoms with Crippen molar-refractivity contribution in [3.63, 3.8) is 0 Å². The highest BCUT2D eigenvalue weighted by Gasteiger charge is 2.20. The van der Waals surface area contributed by atoms with Crippen LogP contribution in [0.2, 0.25) is 0 Å². The van der Waals surface area contributed by atoms with Crippen LogP contribution in [0.25, 0.3) is 0 Å². The van der Waals surface area contributed by atoms with E-state index in [-0.39, 0.29) is 18.9 Å². The Morgan fingerprint density at radius 2 is 0.694 bits per heavy atom. The van der Waals surface area contributed by atoms with Crippen molar-refractivity contribution >= 4 is 5.91 Å². The number of carbonyl (C=O) groups is 1. The van der Waals surface area contributed by atoms with E-state index in [0.29, 0.717) is 6.42 Å². The van der Waals surface area contributed by atoms with Crippen LogP contribution < -0.4 is 5.32 Å². The molecule has 0 spiro atoms. The van der Waals surface area contributed by atoms with Crippen molar-refractivity contribution in [3.05, 3.63) is 36.5 Å². The second-order valence-corrected chi connectivity index (χ2v) is 19.2. The predicted molar refractivity (Wildman–Crippen MR) is 273 cm³/mol. The summed E-state index contributed by atoms with van der Waals surface area (Å²) in [6.45, 7) is 4.23. The van der Waals surface area contributed by atoms with Crippen molar-refractivity contribution in [2.75, 3.05) is 6.61 Å². The van der Waals surface area contributed by atoms with E-state index in [1.807, 2.05) is 6.08 Å². The Kier molecular flexibility index (Phi) is 51.0. The summed E-state index contributed by atoms with van der Waals surface area (Å²) in [5, 5.41) is 33.4. The van der Waals surface area contributed by atoms with Crippen molar-refractivity contribution in [1.29, 1.82) is 0 Å². The van der Waals surface area contributed by atoms with Gasteiger partial charge in [0.2, 0.25) is 5.91 Å². The molecule has 0 heterocycles. The normalized spacial score (nSPS) is 13.6. The summed E-state index contributed by atoms with van der Waals surface area (Å²) in [5.41, 5.74) is 0. The van der Waals surface area contributed by atoms with Crippen LogP contribution in [0.4, 0.5) is 0 Å². The van der Waals surface area contributed by atoms with Crippen molar-refractivity contribution in [1.82, 2.24) is 5.32 Å². The zero-order chi connectivity index (χ0) is 45.1. The number of aliphatic hydroxyl groups excluding tert-OH is 3. The molecular weight excluding hydrogens is 763 g/mol. The summed E-state index contributed by atoms with van der Waals surface area (Å²) in [5.74, 6) is -0.324. The van der Waals surface area contributed by atoms with Crippen LogP contribution in [0.5, 0.6) is 0 Å². The highest BCUT2D eigenvalue weighted by atomic mass is 16.3. The molecule has 0 fully saturated rings. The van der Waals surface area contributed by atoms with Gasteiger partial charge in [0, 0.05) is 0 Å². The molecule has 0 aliphatic heterocycles. The first-order valence-electron chi connectivity index (χ1n) is 27.8. The number of carbonyl (C=O) groups excluding carboxylic acids is 1. The lowest BCUT2D eigenvalue weighted by atomic mass is 10.0. The zero-order valence-electron chi connectivity index (χ0n) is 41.8. The molecule has 5 heteroatoms. The average Bonchev–Trinajstić information content (AvgIpc) is 3.27. The van der Waals surface area contributed by atoms with Gasteiger partial charge in [-0.1, -0.05) is 281 Å². The number of aliphatic hydroxyl groups is 3. The number of hydrogen-bond donors (Lipinski definition) is 4. The minimum absolute atomic E-state index is 0.00563. The van der Waals surface area contributed by atoms with Crippen LogP contribution in [-0.2, 0) is 4.79 Å². The molecule has 0 aliphatic carbocycles. The lowest BCUT2D eigenvalue weighted by molar-refractivity contribution is -0.124. The standard InChI is InChI=1S/C57H109NO4/c1-3-5-7-9-11-13-15-17-19-21-23-25-27-28-29-31-33-35-37-39-41-43-45-47-49-51-56(61)55(53-59)58-57(62)52-54(60)50-48-46-44-42-40-38-36-34-32-30-26-24-22-20-18-16-14-12-10-8-6-4-2/h33,35,41,43,49,51,54-56,59-61H,3-32,34,36-40,42,44-48,50,52-53H2,1-2H3,(H,58,62)/b35-33+,43-41+,51-49+. The predicted octanol–water partition coefficient (Wildman–Crippen LogP) is 17.1. The fraction of sp³-hybridized carbons (Fsp3) is 0.877. The van der Waals surface area contributed by atoms with Gasteiger partial charge in [-0.25, -0.2) is 0 Å². The average molecular weight is 873 g/mol. The molecule has 0 radical (unpaired) electrons. The third-order valence-electron chi connectivity index (χ3n) is 12.9. The largest absolute Gasteiger partial charge is 0.394 e. The lowest BCUT2D eigenvalue weighted by Crippen LogP contribution is -2.45. The molecule has 62 heavy (non-hydrogen) atoms. The second-order valence-electron chi connectivity index (χ2n) is 19.2. The van der Waals surface area contributed by atoms with Crippen molar-refractivity contribution in [2.45, 2.75) is 315 Å². The highest BCUT2D eigenvalue weighted by molar-refractivity contribution is 5.76. The summed E-state index contributed by atoms with van der Waals surface area (Å²) < 4.78 is 0. The van der Waals surface area contributed by atoms with Crippen LogP contribution >= 0.6 is 0 Å². The minimum Gasteiger partial charge on any atom is -0.394 e. The van der Waals surface area contributed by atoms with E-state index in [9.17, 15) is 20.1 Å². The fourth-order valence-electron chi connectivity index (χ4n) is 8.67. The van der Waals surface area contributed by atoms with Gasteiger partial charge in [-0.05, 0) is 44.9 Å². The smallest absolute Gasteiger partial charge is 0.222 e. The Labute approximate surface area is 387 Å². The Balaban J connectivity index is 3.63. The number of nitrogens with one attached hydrogen (secondary N) is 1. The Morgan fingerprint density at radius 3 is 1.03 bits per heavy atom. The number of rotatable bonds is 51. The Morgan fingerprint density at radius 1 is 0.403 bits per heavy atom. The van der Waals surface area contributed by atoms with E-state index >= 15 is 0 Å². The maximum absolute atomic E-state index is 12.5. The summed E-state index contributed by atoms with van der Waals surface area (Å²) in [7, 11) is 0. The van der Waals surface area contributed by atoms with Gasteiger partial charge in [0.05, 0.1) is 31.3 Å². The second kappa shape index (κ2) is 52.2. The van der Waals surface area contributed by atoms with Crippen molar-refractivity contribution in [3.8, 4) is 0 Å². The maximum Gasteiger partial charge on any atom is 0.222 e. The van der Waals surface area contributed by atoms with E-state index < -0.39 is 18.2 Å². The van der Waals surface area contributed by atoms with Crippen LogP contribution in [0, 0.1) is 0 Å². The highest BCUT2D eigenvalue weighted by Crippen LogP contribution is 2.17. The van der Waals surface area contributed by atoms with Gasteiger partial charge in [-0.15, -0.1) is 0 Å². The Bertz CT molecular complexity index is 962.